The van der Waals surface area contributed by atoms with Crippen LogP contribution in [0.4, 0.5) is 5.69 Å². The quantitative estimate of drug-likeness (QED) is 0.694. The Morgan fingerprint density at radius 1 is 1.20 bits per heavy atom. The second kappa shape index (κ2) is 8.38. The molecule has 132 valence electrons. The number of nitrogens with zero attached hydrogens (tertiary/aromatic N) is 2. The number of para-hydroxylation sites is 1. The van der Waals surface area contributed by atoms with Crippen LogP contribution in [0, 0.1) is 0 Å². The number of anilines is 1. The lowest BCUT2D eigenvalue weighted by Gasteiger charge is -2.29. The number of carbonyl (C=O) groups excluding carboxylic acids is 2. The molecule has 2 amide bonds. The van der Waals surface area contributed by atoms with Crippen molar-refractivity contribution < 1.29 is 9.59 Å². The van der Waals surface area contributed by atoms with Gasteiger partial charge >= 0.3 is 0 Å². The van der Waals surface area contributed by atoms with Crippen LogP contribution in [0.25, 0.3) is 0 Å². The van der Waals surface area contributed by atoms with Gasteiger partial charge in [0.05, 0.1) is 16.0 Å². The van der Waals surface area contributed by atoms with E-state index >= 15 is 0 Å². The minimum Gasteiger partial charge on any atom is -0.341 e. The first kappa shape index (κ1) is 18.5. The molecule has 0 N–H and O–H groups in total. The highest BCUT2D eigenvalue weighted by molar-refractivity contribution is 9.11. The van der Waals surface area contributed by atoms with Crippen molar-refractivity contribution in [3.63, 3.8) is 0 Å². The van der Waals surface area contributed by atoms with E-state index in [1.165, 1.54) is 0 Å². The summed E-state index contributed by atoms with van der Waals surface area (Å²) in [5, 5.41) is 0. The van der Waals surface area contributed by atoms with E-state index in [2.05, 4.69) is 15.9 Å². The van der Waals surface area contributed by atoms with E-state index in [1.54, 1.807) is 35.0 Å². The molecular weight excluding hydrogens is 420 g/mol. The lowest BCUT2D eigenvalue weighted by atomic mass is 10.2. The van der Waals surface area contributed by atoms with Gasteiger partial charge in [-0.05, 0) is 40.2 Å². The van der Waals surface area contributed by atoms with Crippen molar-refractivity contribution in [3.05, 3.63) is 45.1 Å². The molecule has 25 heavy (non-hydrogen) atoms. The van der Waals surface area contributed by atoms with Crippen molar-refractivity contribution in [2.45, 2.75) is 24.3 Å². The number of carbonyl (C=O) groups is 2. The van der Waals surface area contributed by atoms with Crippen LogP contribution >= 0.6 is 39.0 Å². The average molecular weight is 439 g/mol. The van der Waals surface area contributed by atoms with Gasteiger partial charge in [-0.15, -0.1) is 23.1 Å². The van der Waals surface area contributed by atoms with E-state index in [4.69, 9.17) is 0 Å². The fraction of sp³-hybridized carbons (Fsp3) is 0.333. The smallest absolute Gasteiger partial charge is 0.227 e. The lowest BCUT2D eigenvalue weighted by molar-refractivity contribution is -0.132. The molecule has 2 aromatic rings. The minimum absolute atomic E-state index is 0.00228. The van der Waals surface area contributed by atoms with E-state index in [1.807, 2.05) is 41.3 Å². The maximum Gasteiger partial charge on any atom is 0.227 e. The van der Waals surface area contributed by atoms with Crippen molar-refractivity contribution in [2.24, 2.45) is 0 Å². The fourth-order valence-electron chi connectivity index (χ4n) is 2.73. The van der Waals surface area contributed by atoms with Crippen LogP contribution in [0.2, 0.25) is 0 Å². The van der Waals surface area contributed by atoms with Crippen LogP contribution in [0.1, 0.15) is 17.7 Å². The molecule has 0 atom stereocenters. The zero-order valence-corrected chi connectivity index (χ0v) is 17.1. The summed E-state index contributed by atoms with van der Waals surface area (Å²) in [6, 6.07) is 11.9. The number of thioether (sulfide) groups is 1. The van der Waals surface area contributed by atoms with Gasteiger partial charge in [-0.1, -0.05) is 12.1 Å². The predicted molar refractivity (Wildman–Crippen MR) is 107 cm³/mol. The summed E-state index contributed by atoms with van der Waals surface area (Å²) in [5.41, 5.74) is 0.966. The van der Waals surface area contributed by atoms with Crippen LogP contribution < -0.4 is 4.90 Å². The monoisotopic (exact) mass is 438 g/mol. The number of halogens is 1. The molecule has 4 nitrogen and oxygen atoms in total. The van der Waals surface area contributed by atoms with E-state index in [0.29, 0.717) is 13.1 Å². The second-order valence-electron chi connectivity index (χ2n) is 5.82. The maximum atomic E-state index is 12.6. The van der Waals surface area contributed by atoms with Crippen LogP contribution in [0.3, 0.4) is 0 Å². The zero-order valence-electron chi connectivity index (χ0n) is 13.9. The molecule has 0 saturated carbocycles. The Hall–Kier alpha value is -1.31. The summed E-state index contributed by atoms with van der Waals surface area (Å²) in [5.74, 6) is 0.912. The first-order valence-electron chi connectivity index (χ1n) is 8.05. The normalized spacial score (nSPS) is 13.4. The standard InChI is InChI=1S/C18H19BrN2O2S2/c1-20(12-13-6-7-16(19)25-13)17(22)8-9-18(23)21-10-11-24-15-5-3-2-4-14(15)21/h2-7H,8-12H2,1H3. The van der Waals surface area contributed by atoms with Crippen LogP contribution in [0.15, 0.2) is 45.1 Å². The second-order valence-corrected chi connectivity index (χ2v) is 9.50. The first-order chi connectivity index (χ1) is 12.0. The summed E-state index contributed by atoms with van der Waals surface area (Å²) in [6.45, 7) is 1.28. The molecule has 7 heteroatoms. The third-order valence-corrected chi connectivity index (χ3v) is 6.68. The molecule has 1 aliphatic rings. The Morgan fingerprint density at radius 2 is 2.00 bits per heavy atom. The Labute approximate surface area is 164 Å². The number of hydrogen-bond acceptors (Lipinski definition) is 4. The van der Waals surface area contributed by atoms with Gasteiger partial charge in [0.15, 0.2) is 0 Å². The molecule has 0 bridgehead atoms. The maximum absolute atomic E-state index is 12.6. The molecule has 0 saturated heterocycles. The summed E-state index contributed by atoms with van der Waals surface area (Å²) in [7, 11) is 1.78. The molecule has 0 unspecified atom stereocenters. The highest BCUT2D eigenvalue weighted by Gasteiger charge is 2.23. The minimum atomic E-state index is -0.00228. The van der Waals surface area contributed by atoms with Crippen molar-refractivity contribution in [1.82, 2.24) is 4.90 Å². The first-order valence-corrected chi connectivity index (χ1v) is 10.6. The molecule has 1 aromatic carbocycles. The van der Waals surface area contributed by atoms with Crippen LogP contribution in [0.5, 0.6) is 0 Å². The molecule has 0 spiro atoms. The summed E-state index contributed by atoms with van der Waals surface area (Å²) < 4.78 is 1.06. The van der Waals surface area contributed by atoms with Crippen molar-refractivity contribution in [2.75, 3.05) is 24.2 Å². The van der Waals surface area contributed by atoms with Gasteiger partial charge in [-0.2, -0.15) is 0 Å². The molecule has 0 radical (unpaired) electrons. The third-order valence-electron chi connectivity index (χ3n) is 4.03. The van der Waals surface area contributed by atoms with Crippen LogP contribution in [-0.2, 0) is 16.1 Å². The number of rotatable bonds is 5. The molecule has 0 fully saturated rings. The highest BCUT2D eigenvalue weighted by Crippen LogP contribution is 2.34. The van der Waals surface area contributed by atoms with Crippen molar-refractivity contribution in [3.8, 4) is 0 Å². The molecule has 0 aliphatic carbocycles. The van der Waals surface area contributed by atoms with Gasteiger partial charge in [-0.3, -0.25) is 9.59 Å². The Bertz CT molecular complexity index is 778. The Morgan fingerprint density at radius 3 is 2.76 bits per heavy atom. The SMILES string of the molecule is CN(Cc1ccc(Br)s1)C(=O)CCC(=O)N1CCSc2ccccc21. The van der Waals surface area contributed by atoms with Crippen molar-refractivity contribution in [1.29, 1.82) is 0 Å². The van der Waals surface area contributed by atoms with Gasteiger partial charge in [0.1, 0.15) is 0 Å². The van der Waals surface area contributed by atoms with Gasteiger partial charge in [0, 0.05) is 42.0 Å². The Kier molecular flexibility index (Phi) is 6.19. The Balaban J connectivity index is 1.54. The summed E-state index contributed by atoms with van der Waals surface area (Å²) in [4.78, 5) is 30.7. The van der Waals surface area contributed by atoms with Gasteiger partial charge in [-0.25, -0.2) is 0 Å². The third kappa shape index (κ3) is 4.65. The zero-order chi connectivity index (χ0) is 17.8. The largest absolute Gasteiger partial charge is 0.341 e. The van der Waals surface area contributed by atoms with Gasteiger partial charge < -0.3 is 9.80 Å². The molecule has 1 aromatic heterocycles. The summed E-state index contributed by atoms with van der Waals surface area (Å²) in [6.07, 6.45) is 0.490. The van der Waals surface area contributed by atoms with E-state index < -0.39 is 0 Å². The van der Waals surface area contributed by atoms with Crippen LogP contribution in [-0.4, -0.2) is 36.1 Å². The number of benzene rings is 1. The molecule has 2 heterocycles. The molecule has 3 rings (SSSR count). The number of thiophene rings is 1. The molecule has 1 aliphatic heterocycles. The van der Waals surface area contributed by atoms with Gasteiger partial charge in [0.25, 0.3) is 0 Å². The number of amides is 2. The lowest BCUT2D eigenvalue weighted by Crippen LogP contribution is -2.36. The molecular formula is C18H19BrN2O2S2. The average Bonchev–Trinajstić information content (AvgIpc) is 3.03. The summed E-state index contributed by atoms with van der Waals surface area (Å²) >= 11 is 6.82. The van der Waals surface area contributed by atoms with Gasteiger partial charge in [0.2, 0.25) is 11.8 Å². The predicted octanol–water partition coefficient (Wildman–Crippen LogP) is 4.39. The van der Waals surface area contributed by atoms with E-state index in [9.17, 15) is 9.59 Å². The number of hydrogen-bond donors (Lipinski definition) is 0. The van der Waals surface area contributed by atoms with Crippen molar-refractivity contribution >= 4 is 56.5 Å². The highest BCUT2D eigenvalue weighted by atomic mass is 79.9. The fourth-order valence-corrected chi connectivity index (χ4v) is 5.26. The topological polar surface area (TPSA) is 40.6 Å². The van der Waals surface area contributed by atoms with E-state index in [-0.39, 0.29) is 24.7 Å². The number of fused-ring (bicyclic) bond motifs is 1. The van der Waals surface area contributed by atoms with E-state index in [0.717, 1.165) is 25.0 Å².